The van der Waals surface area contributed by atoms with E-state index in [4.69, 9.17) is 0 Å². The zero-order valence-electron chi connectivity index (χ0n) is 13.4. The Morgan fingerprint density at radius 1 is 1.30 bits per heavy atom. The summed E-state index contributed by atoms with van der Waals surface area (Å²) in [6.45, 7) is 9.21. The standard InChI is InChI=1S/C15H27N5/c1-6-16-14-11(2)15(18-12(3)17-14)20-9-7-8-13(10-20)19(4)5/h13H,6-10H2,1-5H3,(H,16,17,18). The fourth-order valence-electron chi connectivity index (χ4n) is 2.83. The van der Waals surface area contributed by atoms with Crippen molar-refractivity contribution < 1.29 is 0 Å². The van der Waals surface area contributed by atoms with Crippen LogP contribution >= 0.6 is 0 Å². The molecule has 0 saturated carbocycles. The fourth-order valence-corrected chi connectivity index (χ4v) is 2.83. The van der Waals surface area contributed by atoms with Gasteiger partial charge in [0.1, 0.15) is 17.5 Å². The summed E-state index contributed by atoms with van der Waals surface area (Å²) in [6.07, 6.45) is 2.49. The topological polar surface area (TPSA) is 44.3 Å². The first-order valence-corrected chi connectivity index (χ1v) is 7.53. The van der Waals surface area contributed by atoms with E-state index < -0.39 is 0 Å². The molecule has 112 valence electrons. The summed E-state index contributed by atoms with van der Waals surface area (Å²) >= 11 is 0. The molecule has 1 atom stereocenters. The smallest absolute Gasteiger partial charge is 0.137 e. The average Bonchev–Trinajstić information content (AvgIpc) is 2.43. The van der Waals surface area contributed by atoms with Gasteiger partial charge < -0.3 is 15.1 Å². The van der Waals surface area contributed by atoms with E-state index in [1.807, 2.05) is 6.92 Å². The zero-order chi connectivity index (χ0) is 14.7. The van der Waals surface area contributed by atoms with E-state index in [9.17, 15) is 0 Å². The van der Waals surface area contributed by atoms with Crippen molar-refractivity contribution in [2.75, 3.05) is 43.9 Å². The van der Waals surface area contributed by atoms with Gasteiger partial charge in [-0.05, 0) is 47.7 Å². The number of nitrogens with one attached hydrogen (secondary N) is 1. The highest BCUT2D eigenvalue weighted by molar-refractivity contribution is 5.58. The number of hydrogen-bond acceptors (Lipinski definition) is 5. The van der Waals surface area contributed by atoms with E-state index in [-0.39, 0.29) is 0 Å². The highest BCUT2D eigenvalue weighted by Crippen LogP contribution is 2.26. The molecule has 0 spiro atoms. The van der Waals surface area contributed by atoms with Gasteiger partial charge in [0.05, 0.1) is 0 Å². The third kappa shape index (κ3) is 3.20. The summed E-state index contributed by atoms with van der Waals surface area (Å²) in [6, 6.07) is 0.612. The van der Waals surface area contributed by atoms with Gasteiger partial charge in [-0.15, -0.1) is 0 Å². The van der Waals surface area contributed by atoms with Crippen LogP contribution in [0, 0.1) is 13.8 Å². The van der Waals surface area contributed by atoms with Crippen LogP contribution in [-0.2, 0) is 0 Å². The molecule has 0 aromatic carbocycles. The van der Waals surface area contributed by atoms with Gasteiger partial charge >= 0.3 is 0 Å². The Balaban J connectivity index is 2.27. The van der Waals surface area contributed by atoms with Crippen molar-refractivity contribution >= 4 is 11.6 Å². The Bertz CT molecular complexity index is 458. The van der Waals surface area contributed by atoms with Gasteiger partial charge in [-0.1, -0.05) is 0 Å². The van der Waals surface area contributed by atoms with Crippen molar-refractivity contribution in [2.24, 2.45) is 0 Å². The van der Waals surface area contributed by atoms with E-state index in [1.165, 1.54) is 12.8 Å². The number of rotatable bonds is 4. The Labute approximate surface area is 122 Å². The number of hydrogen-bond donors (Lipinski definition) is 1. The van der Waals surface area contributed by atoms with Crippen LogP contribution in [0.15, 0.2) is 0 Å². The summed E-state index contributed by atoms with van der Waals surface area (Å²) in [4.78, 5) is 13.9. The minimum atomic E-state index is 0.612. The van der Waals surface area contributed by atoms with Crippen LogP contribution in [0.4, 0.5) is 11.6 Å². The number of piperidine rings is 1. The van der Waals surface area contributed by atoms with Crippen LogP contribution < -0.4 is 10.2 Å². The molecule has 2 heterocycles. The summed E-state index contributed by atoms with van der Waals surface area (Å²) < 4.78 is 0. The number of aryl methyl sites for hydroxylation is 1. The van der Waals surface area contributed by atoms with Gasteiger partial charge in [0.2, 0.25) is 0 Å². The molecular weight excluding hydrogens is 250 g/mol. The van der Waals surface area contributed by atoms with Gasteiger partial charge in [0, 0.05) is 31.2 Å². The molecule has 1 fully saturated rings. The van der Waals surface area contributed by atoms with E-state index in [0.717, 1.165) is 42.7 Å². The quantitative estimate of drug-likeness (QED) is 0.912. The summed E-state index contributed by atoms with van der Waals surface area (Å²) in [5.74, 6) is 2.91. The second-order valence-corrected chi connectivity index (χ2v) is 5.80. The van der Waals surface area contributed by atoms with Crippen LogP contribution in [0.5, 0.6) is 0 Å². The predicted molar refractivity (Wildman–Crippen MR) is 84.6 cm³/mol. The first-order chi connectivity index (χ1) is 9.52. The summed E-state index contributed by atoms with van der Waals surface area (Å²) in [7, 11) is 4.33. The van der Waals surface area contributed by atoms with Crippen molar-refractivity contribution in [3.8, 4) is 0 Å². The van der Waals surface area contributed by atoms with Crippen molar-refractivity contribution in [3.63, 3.8) is 0 Å². The third-order valence-electron chi connectivity index (χ3n) is 4.00. The molecule has 0 bridgehead atoms. The monoisotopic (exact) mass is 277 g/mol. The molecule has 1 unspecified atom stereocenters. The molecule has 1 aliphatic rings. The minimum Gasteiger partial charge on any atom is -0.370 e. The minimum absolute atomic E-state index is 0.612. The maximum absolute atomic E-state index is 4.69. The molecule has 0 aliphatic carbocycles. The number of aromatic nitrogens is 2. The van der Waals surface area contributed by atoms with Crippen LogP contribution in [-0.4, -0.2) is 54.6 Å². The van der Waals surface area contributed by atoms with Gasteiger partial charge in [-0.3, -0.25) is 0 Å². The van der Waals surface area contributed by atoms with Crippen molar-refractivity contribution in [3.05, 3.63) is 11.4 Å². The highest BCUT2D eigenvalue weighted by Gasteiger charge is 2.24. The lowest BCUT2D eigenvalue weighted by Crippen LogP contribution is -2.45. The summed E-state index contributed by atoms with van der Waals surface area (Å²) in [5, 5.41) is 3.34. The lowest BCUT2D eigenvalue weighted by molar-refractivity contribution is 0.257. The Morgan fingerprint density at radius 3 is 2.70 bits per heavy atom. The summed E-state index contributed by atoms with van der Waals surface area (Å²) in [5.41, 5.74) is 1.16. The molecule has 1 aromatic rings. The van der Waals surface area contributed by atoms with Crippen LogP contribution in [0.1, 0.15) is 31.2 Å². The Morgan fingerprint density at radius 2 is 2.05 bits per heavy atom. The zero-order valence-corrected chi connectivity index (χ0v) is 13.4. The SMILES string of the molecule is CCNc1nc(C)nc(N2CCCC(N(C)C)C2)c1C. The largest absolute Gasteiger partial charge is 0.370 e. The second-order valence-electron chi connectivity index (χ2n) is 5.80. The molecule has 2 rings (SSSR count). The van der Waals surface area contributed by atoms with Crippen molar-refractivity contribution in [2.45, 2.75) is 39.7 Å². The molecule has 1 N–H and O–H groups in total. The molecule has 1 aromatic heterocycles. The van der Waals surface area contributed by atoms with Crippen molar-refractivity contribution in [1.29, 1.82) is 0 Å². The molecule has 5 heteroatoms. The molecule has 1 saturated heterocycles. The first kappa shape index (κ1) is 15.0. The van der Waals surface area contributed by atoms with E-state index in [2.05, 4.69) is 53.0 Å². The van der Waals surface area contributed by atoms with E-state index >= 15 is 0 Å². The molecule has 5 nitrogen and oxygen atoms in total. The Kier molecular flexibility index (Phi) is 4.81. The predicted octanol–water partition coefficient (Wildman–Crippen LogP) is 2.06. The maximum atomic E-state index is 4.69. The highest BCUT2D eigenvalue weighted by atomic mass is 15.3. The lowest BCUT2D eigenvalue weighted by Gasteiger charge is -2.37. The number of likely N-dealkylation sites (N-methyl/N-ethyl adjacent to an activating group) is 1. The first-order valence-electron chi connectivity index (χ1n) is 7.53. The van der Waals surface area contributed by atoms with Crippen LogP contribution in [0.3, 0.4) is 0 Å². The van der Waals surface area contributed by atoms with Gasteiger partial charge in [0.15, 0.2) is 0 Å². The normalized spacial score (nSPS) is 19.5. The van der Waals surface area contributed by atoms with Gasteiger partial charge in [-0.2, -0.15) is 0 Å². The molecule has 1 aliphatic heterocycles. The fraction of sp³-hybridized carbons (Fsp3) is 0.733. The molecule has 20 heavy (non-hydrogen) atoms. The lowest BCUT2D eigenvalue weighted by atomic mass is 10.0. The average molecular weight is 277 g/mol. The molecule has 0 radical (unpaired) electrons. The number of nitrogens with zero attached hydrogens (tertiary/aromatic N) is 4. The Hall–Kier alpha value is -1.36. The molecular formula is C15H27N5. The second kappa shape index (κ2) is 6.39. The van der Waals surface area contributed by atoms with Crippen LogP contribution in [0.25, 0.3) is 0 Å². The van der Waals surface area contributed by atoms with Gasteiger partial charge in [0.25, 0.3) is 0 Å². The van der Waals surface area contributed by atoms with Gasteiger partial charge in [-0.25, -0.2) is 9.97 Å². The van der Waals surface area contributed by atoms with E-state index in [0.29, 0.717) is 6.04 Å². The van der Waals surface area contributed by atoms with E-state index in [1.54, 1.807) is 0 Å². The van der Waals surface area contributed by atoms with Crippen LogP contribution in [0.2, 0.25) is 0 Å². The third-order valence-corrected chi connectivity index (χ3v) is 4.00. The maximum Gasteiger partial charge on any atom is 0.137 e. The van der Waals surface area contributed by atoms with Crippen molar-refractivity contribution in [1.82, 2.24) is 14.9 Å². The number of anilines is 2. The molecule has 0 amide bonds.